The number of halogens is 2. The van der Waals surface area contributed by atoms with Crippen LogP contribution in [0.1, 0.15) is 72.0 Å². The molecule has 0 unspecified atom stereocenters. The van der Waals surface area contributed by atoms with Gasteiger partial charge >= 0.3 is 11.9 Å². The summed E-state index contributed by atoms with van der Waals surface area (Å²) in [6.45, 7) is 16.2. The molecule has 0 spiro atoms. The highest BCUT2D eigenvalue weighted by atomic mass is 35.5. The molecule has 0 atom stereocenters. The number of hydrogen-bond acceptors (Lipinski definition) is 8. The van der Waals surface area contributed by atoms with E-state index in [1.165, 1.54) is 11.1 Å². The van der Waals surface area contributed by atoms with Gasteiger partial charge < -0.3 is 14.4 Å². The SMILES string of the molecule is CCN(Cc1ccc(CN2CCN(c3ncccc3C(=O)OC(C)C)CC2)cc1)Cc1ccccc1C(=O)OC(C)C.Cl.Cl. The van der Waals surface area contributed by atoms with Crippen LogP contribution in [-0.4, -0.2) is 71.7 Å². The smallest absolute Gasteiger partial charge is 0.342 e. The number of esters is 2. The van der Waals surface area contributed by atoms with Crippen LogP contribution in [-0.2, 0) is 29.1 Å². The van der Waals surface area contributed by atoms with Gasteiger partial charge in [-0.2, -0.15) is 0 Å². The predicted octanol–water partition coefficient (Wildman–Crippen LogP) is 6.40. The van der Waals surface area contributed by atoms with E-state index in [2.05, 4.69) is 50.9 Å². The molecule has 0 radical (unpaired) electrons. The molecule has 0 N–H and O–H groups in total. The van der Waals surface area contributed by atoms with Gasteiger partial charge in [0, 0.05) is 52.0 Å². The lowest BCUT2D eigenvalue weighted by Gasteiger charge is -2.36. The molecule has 1 aromatic heterocycles. The number of hydrogen-bond donors (Lipinski definition) is 0. The number of rotatable bonds is 12. The fraction of sp³-hybridized carbons (Fsp3) is 0.441. The quantitative estimate of drug-likeness (QED) is 0.210. The van der Waals surface area contributed by atoms with E-state index in [0.29, 0.717) is 23.5 Å². The summed E-state index contributed by atoms with van der Waals surface area (Å²) in [7, 11) is 0. The van der Waals surface area contributed by atoms with E-state index in [1.54, 1.807) is 18.3 Å². The highest BCUT2D eigenvalue weighted by molar-refractivity contribution is 5.95. The van der Waals surface area contributed by atoms with Gasteiger partial charge in [-0.1, -0.05) is 49.4 Å². The molecule has 2 aromatic carbocycles. The average Bonchev–Trinajstić information content (AvgIpc) is 2.97. The molecule has 1 fully saturated rings. The number of aromatic nitrogens is 1. The standard InChI is InChI=1S/C34H44N4O4.2ClH/c1-6-36(24-29-10-7-8-11-30(29)33(39)41-25(2)3)22-27-13-15-28(16-14-27)23-37-18-20-38(21-19-37)32-31(12-9-17-35-32)34(40)42-26(4)5;;/h7-17,25-26H,6,18-24H2,1-5H3;2*1H. The normalized spacial score (nSPS) is 13.4. The summed E-state index contributed by atoms with van der Waals surface area (Å²) in [6, 6.07) is 20.1. The number of piperazine rings is 1. The molecular formula is C34H46Cl2N4O4. The zero-order valence-corrected chi connectivity index (χ0v) is 28.0. The maximum Gasteiger partial charge on any atom is 0.342 e. The summed E-state index contributed by atoms with van der Waals surface area (Å²) in [4.78, 5) is 36.6. The number of carbonyl (C=O) groups excluding carboxylic acids is 2. The first-order valence-corrected chi connectivity index (χ1v) is 15.0. The molecule has 2 heterocycles. The minimum absolute atomic E-state index is 0. The highest BCUT2D eigenvalue weighted by Crippen LogP contribution is 2.22. The summed E-state index contributed by atoms with van der Waals surface area (Å²) < 4.78 is 10.9. The van der Waals surface area contributed by atoms with Crippen LogP contribution in [0, 0.1) is 0 Å². The molecule has 1 saturated heterocycles. The van der Waals surface area contributed by atoms with E-state index < -0.39 is 0 Å². The third-order valence-corrected chi connectivity index (χ3v) is 7.28. The monoisotopic (exact) mass is 644 g/mol. The van der Waals surface area contributed by atoms with E-state index in [9.17, 15) is 9.59 Å². The molecular weight excluding hydrogens is 599 g/mol. The zero-order chi connectivity index (χ0) is 30.1. The Bertz CT molecular complexity index is 1330. The second kappa shape index (κ2) is 18.0. The molecule has 240 valence electrons. The minimum atomic E-state index is -0.324. The van der Waals surface area contributed by atoms with Gasteiger partial charge in [0.2, 0.25) is 0 Å². The molecule has 1 aliphatic heterocycles. The Kier molecular flexibility index (Phi) is 15.1. The van der Waals surface area contributed by atoms with Crippen LogP contribution in [0.2, 0.25) is 0 Å². The minimum Gasteiger partial charge on any atom is -0.459 e. The molecule has 44 heavy (non-hydrogen) atoms. The molecule has 0 bridgehead atoms. The maximum absolute atomic E-state index is 12.6. The lowest BCUT2D eigenvalue weighted by molar-refractivity contribution is 0.0365. The van der Waals surface area contributed by atoms with Gasteiger partial charge in [0.1, 0.15) is 11.4 Å². The lowest BCUT2D eigenvalue weighted by Crippen LogP contribution is -2.46. The Hall–Kier alpha value is -3.17. The molecule has 0 aliphatic carbocycles. The van der Waals surface area contributed by atoms with Gasteiger partial charge in [-0.15, -0.1) is 24.8 Å². The molecule has 0 amide bonds. The van der Waals surface area contributed by atoms with Gasteiger partial charge in [0.05, 0.1) is 17.8 Å². The molecule has 0 saturated carbocycles. The molecule has 10 heteroatoms. The Labute approximate surface area is 274 Å². The van der Waals surface area contributed by atoms with Crippen molar-refractivity contribution in [1.29, 1.82) is 0 Å². The third kappa shape index (κ3) is 10.5. The van der Waals surface area contributed by atoms with E-state index in [0.717, 1.165) is 51.4 Å². The molecule has 3 aromatic rings. The Morgan fingerprint density at radius 1 is 0.773 bits per heavy atom. The fourth-order valence-corrected chi connectivity index (χ4v) is 5.13. The first-order valence-electron chi connectivity index (χ1n) is 15.0. The Morgan fingerprint density at radius 2 is 1.34 bits per heavy atom. The summed E-state index contributed by atoms with van der Waals surface area (Å²) in [6.07, 6.45) is 1.41. The van der Waals surface area contributed by atoms with Gasteiger partial charge in [-0.25, -0.2) is 14.6 Å². The second-order valence-corrected chi connectivity index (χ2v) is 11.3. The van der Waals surface area contributed by atoms with E-state index in [1.807, 2.05) is 52.0 Å². The van der Waals surface area contributed by atoms with Crippen molar-refractivity contribution in [1.82, 2.24) is 14.8 Å². The van der Waals surface area contributed by atoms with Crippen molar-refractivity contribution in [3.05, 3.63) is 94.7 Å². The Morgan fingerprint density at radius 3 is 1.95 bits per heavy atom. The fourth-order valence-electron chi connectivity index (χ4n) is 5.13. The van der Waals surface area contributed by atoms with Gasteiger partial charge in [0.25, 0.3) is 0 Å². The van der Waals surface area contributed by atoms with E-state index in [4.69, 9.17) is 9.47 Å². The number of nitrogens with zero attached hydrogens (tertiary/aromatic N) is 4. The van der Waals surface area contributed by atoms with Gasteiger partial charge in [0.15, 0.2) is 0 Å². The molecule has 4 rings (SSSR count). The van der Waals surface area contributed by atoms with Crippen LogP contribution >= 0.6 is 24.8 Å². The number of benzene rings is 2. The average molecular weight is 646 g/mol. The predicted molar refractivity (Wildman–Crippen MR) is 180 cm³/mol. The van der Waals surface area contributed by atoms with Crippen molar-refractivity contribution in [2.24, 2.45) is 0 Å². The number of ether oxygens (including phenoxy) is 2. The maximum atomic E-state index is 12.6. The number of carbonyl (C=O) groups is 2. The van der Waals surface area contributed by atoms with Crippen LogP contribution in [0.3, 0.4) is 0 Å². The Balaban J connectivity index is 0.00000337. The topological polar surface area (TPSA) is 75.2 Å². The summed E-state index contributed by atoms with van der Waals surface area (Å²) in [5, 5.41) is 0. The highest BCUT2D eigenvalue weighted by Gasteiger charge is 2.24. The van der Waals surface area contributed by atoms with Crippen molar-refractivity contribution >= 4 is 42.6 Å². The lowest BCUT2D eigenvalue weighted by atomic mass is 10.1. The second-order valence-electron chi connectivity index (χ2n) is 11.3. The van der Waals surface area contributed by atoms with Crippen molar-refractivity contribution in [3.63, 3.8) is 0 Å². The van der Waals surface area contributed by atoms with E-state index >= 15 is 0 Å². The van der Waals surface area contributed by atoms with Crippen LogP contribution in [0.4, 0.5) is 5.82 Å². The van der Waals surface area contributed by atoms with Crippen molar-refractivity contribution < 1.29 is 19.1 Å². The summed E-state index contributed by atoms with van der Waals surface area (Å²) >= 11 is 0. The summed E-state index contributed by atoms with van der Waals surface area (Å²) in [5.41, 5.74) is 4.65. The van der Waals surface area contributed by atoms with Gasteiger partial charge in [-0.3, -0.25) is 9.80 Å². The van der Waals surface area contributed by atoms with Crippen LogP contribution in [0.15, 0.2) is 66.9 Å². The largest absolute Gasteiger partial charge is 0.459 e. The van der Waals surface area contributed by atoms with Crippen molar-refractivity contribution in [2.75, 3.05) is 37.6 Å². The third-order valence-electron chi connectivity index (χ3n) is 7.28. The first-order chi connectivity index (χ1) is 20.2. The zero-order valence-electron chi connectivity index (χ0n) is 26.4. The molecule has 1 aliphatic rings. The van der Waals surface area contributed by atoms with Crippen LogP contribution in [0.25, 0.3) is 0 Å². The van der Waals surface area contributed by atoms with Gasteiger partial charge in [-0.05, 0) is 69.1 Å². The number of anilines is 1. The molecule has 8 nitrogen and oxygen atoms in total. The summed E-state index contributed by atoms with van der Waals surface area (Å²) in [5.74, 6) is 0.109. The van der Waals surface area contributed by atoms with Crippen molar-refractivity contribution in [3.8, 4) is 0 Å². The van der Waals surface area contributed by atoms with Crippen molar-refractivity contribution in [2.45, 2.75) is 66.5 Å². The first kappa shape index (κ1) is 37.0. The van der Waals surface area contributed by atoms with E-state index in [-0.39, 0.29) is 49.0 Å². The number of pyridine rings is 1. The van der Waals surface area contributed by atoms with Crippen LogP contribution < -0.4 is 4.90 Å². The van der Waals surface area contributed by atoms with Crippen LogP contribution in [0.5, 0.6) is 0 Å².